The Hall–Kier alpha value is -3.71. The van der Waals surface area contributed by atoms with Gasteiger partial charge in [-0.05, 0) is 63.3 Å². The summed E-state index contributed by atoms with van der Waals surface area (Å²) in [4.78, 5) is 60.0. The van der Waals surface area contributed by atoms with Crippen LogP contribution in [0.2, 0.25) is 0 Å². The topological polar surface area (TPSA) is 234 Å². The molecule has 0 saturated heterocycles. The quantitative estimate of drug-likeness (QED) is 0.124. The average Bonchev–Trinajstić information content (AvgIpc) is 2.81. The first kappa shape index (κ1) is 30.3. The fourth-order valence-electron chi connectivity index (χ4n) is 3.22. The molecule has 0 spiro atoms. The fraction of sp³-hybridized carbons (Fsp3) is 0.522. The second-order valence-corrected chi connectivity index (χ2v) is 8.38. The first-order chi connectivity index (χ1) is 16.9. The molecular formula is C23H35N5O8. The number of hydrogen-bond acceptors (Lipinski definition) is 8. The summed E-state index contributed by atoms with van der Waals surface area (Å²) in [6.07, 6.45) is 0.540. The standard InChI is InChI=1S/C23H35N5O8/c1-13(26-21(33)16(25)12-14-5-7-15(29)8-6-14)20(32)27-17(4-2-3-11-24)22(34)28-18(23(35)36)9-10-19(30)31/h5-8,13,16-18,29H,2-4,9-12,24-25H2,1H3,(H,26,33)(H,27,32)(H,28,34)(H,30,31)(H,35,36). The molecule has 0 bridgehead atoms. The third-order valence-electron chi connectivity index (χ3n) is 5.32. The number of carbonyl (C=O) groups is 5. The summed E-state index contributed by atoms with van der Waals surface area (Å²) in [6.45, 7) is 1.76. The number of unbranched alkanes of at least 4 members (excludes halogenated alkanes) is 1. The van der Waals surface area contributed by atoms with Crippen LogP contribution in [0, 0.1) is 0 Å². The summed E-state index contributed by atoms with van der Waals surface area (Å²) >= 11 is 0. The molecular weight excluding hydrogens is 474 g/mol. The molecule has 1 aromatic rings. The van der Waals surface area contributed by atoms with Gasteiger partial charge in [-0.1, -0.05) is 12.1 Å². The van der Waals surface area contributed by atoms with E-state index in [0.717, 1.165) is 0 Å². The number of carboxylic acids is 2. The third kappa shape index (κ3) is 11.1. The van der Waals surface area contributed by atoms with E-state index in [1.165, 1.54) is 19.1 Å². The van der Waals surface area contributed by atoms with E-state index in [-0.39, 0.29) is 25.0 Å². The van der Waals surface area contributed by atoms with E-state index in [1.807, 2.05) is 0 Å². The third-order valence-corrected chi connectivity index (χ3v) is 5.32. The van der Waals surface area contributed by atoms with Crippen molar-refractivity contribution >= 4 is 29.7 Å². The van der Waals surface area contributed by atoms with Crippen molar-refractivity contribution in [1.82, 2.24) is 16.0 Å². The predicted molar refractivity (Wildman–Crippen MR) is 129 cm³/mol. The number of nitrogens with two attached hydrogens (primary N) is 2. The highest BCUT2D eigenvalue weighted by atomic mass is 16.4. The molecule has 0 aromatic heterocycles. The lowest BCUT2D eigenvalue weighted by atomic mass is 10.0. The van der Waals surface area contributed by atoms with Crippen LogP contribution < -0.4 is 27.4 Å². The molecule has 1 aromatic carbocycles. The SMILES string of the molecule is CC(NC(=O)C(N)Cc1ccc(O)cc1)C(=O)NC(CCCCN)C(=O)NC(CCC(=O)O)C(=O)O. The minimum Gasteiger partial charge on any atom is -0.508 e. The molecule has 0 aliphatic rings. The zero-order valence-corrected chi connectivity index (χ0v) is 20.1. The van der Waals surface area contributed by atoms with Gasteiger partial charge in [-0.15, -0.1) is 0 Å². The Morgan fingerprint density at radius 1 is 0.861 bits per heavy atom. The summed E-state index contributed by atoms with van der Waals surface area (Å²) in [6, 6.07) is 1.55. The van der Waals surface area contributed by atoms with Crippen molar-refractivity contribution in [3.8, 4) is 5.75 Å². The Kier molecular flexibility index (Phi) is 12.9. The van der Waals surface area contributed by atoms with Crippen LogP contribution in [-0.4, -0.2) is 75.7 Å². The molecule has 36 heavy (non-hydrogen) atoms. The maximum atomic E-state index is 12.7. The lowest BCUT2D eigenvalue weighted by Gasteiger charge is -2.23. The summed E-state index contributed by atoms with van der Waals surface area (Å²) in [5.74, 6) is -4.62. The first-order valence-corrected chi connectivity index (χ1v) is 11.5. The monoisotopic (exact) mass is 509 g/mol. The van der Waals surface area contributed by atoms with Crippen LogP contribution in [0.15, 0.2) is 24.3 Å². The van der Waals surface area contributed by atoms with E-state index < -0.39 is 60.2 Å². The molecule has 1 rings (SSSR count). The summed E-state index contributed by atoms with van der Waals surface area (Å²) in [5.41, 5.74) is 12.1. The van der Waals surface area contributed by atoms with Crippen LogP contribution in [0.3, 0.4) is 0 Å². The molecule has 13 heteroatoms. The van der Waals surface area contributed by atoms with Crippen LogP contribution in [0.5, 0.6) is 5.75 Å². The van der Waals surface area contributed by atoms with Gasteiger partial charge in [0.1, 0.15) is 23.9 Å². The largest absolute Gasteiger partial charge is 0.508 e. The zero-order chi connectivity index (χ0) is 27.3. The molecule has 3 amide bonds. The molecule has 0 aliphatic carbocycles. The number of aromatic hydroxyl groups is 1. The Morgan fingerprint density at radius 2 is 1.47 bits per heavy atom. The lowest BCUT2D eigenvalue weighted by Crippen LogP contribution is -2.56. The average molecular weight is 510 g/mol. The normalized spacial score (nSPS) is 14.1. The Labute approximate surface area is 208 Å². The van der Waals surface area contributed by atoms with Crippen molar-refractivity contribution in [2.24, 2.45) is 11.5 Å². The van der Waals surface area contributed by atoms with Gasteiger partial charge in [0, 0.05) is 6.42 Å². The lowest BCUT2D eigenvalue weighted by molar-refractivity contribution is -0.143. The number of carboxylic acid groups (broad SMARTS) is 2. The smallest absolute Gasteiger partial charge is 0.326 e. The van der Waals surface area contributed by atoms with Crippen LogP contribution in [0.1, 0.15) is 44.6 Å². The fourth-order valence-corrected chi connectivity index (χ4v) is 3.22. The number of benzene rings is 1. The van der Waals surface area contributed by atoms with Gasteiger partial charge < -0.3 is 42.7 Å². The van der Waals surface area contributed by atoms with Gasteiger partial charge in [-0.3, -0.25) is 19.2 Å². The number of carbonyl (C=O) groups excluding carboxylic acids is 3. The molecule has 4 atom stereocenters. The van der Waals surface area contributed by atoms with E-state index >= 15 is 0 Å². The van der Waals surface area contributed by atoms with Gasteiger partial charge in [0.05, 0.1) is 6.04 Å². The molecule has 4 unspecified atom stereocenters. The number of phenolic OH excluding ortho intramolecular Hbond substituents is 1. The van der Waals surface area contributed by atoms with Crippen molar-refractivity contribution in [2.75, 3.05) is 6.54 Å². The van der Waals surface area contributed by atoms with Gasteiger partial charge in [0.15, 0.2) is 0 Å². The molecule has 200 valence electrons. The summed E-state index contributed by atoms with van der Waals surface area (Å²) in [5, 5.41) is 34.7. The Balaban J connectivity index is 2.76. The highest BCUT2D eigenvalue weighted by molar-refractivity contribution is 5.94. The van der Waals surface area contributed by atoms with E-state index in [1.54, 1.807) is 12.1 Å². The van der Waals surface area contributed by atoms with Crippen LogP contribution in [0.25, 0.3) is 0 Å². The van der Waals surface area contributed by atoms with Gasteiger partial charge in [0.2, 0.25) is 17.7 Å². The number of hydrogen-bond donors (Lipinski definition) is 8. The van der Waals surface area contributed by atoms with E-state index in [0.29, 0.717) is 24.9 Å². The molecule has 10 N–H and O–H groups in total. The van der Waals surface area contributed by atoms with Gasteiger partial charge in [-0.2, -0.15) is 0 Å². The second kappa shape index (κ2) is 15.3. The molecule has 0 heterocycles. The van der Waals surface area contributed by atoms with Crippen molar-refractivity contribution in [3.63, 3.8) is 0 Å². The second-order valence-electron chi connectivity index (χ2n) is 8.38. The van der Waals surface area contributed by atoms with Gasteiger partial charge in [-0.25, -0.2) is 4.79 Å². The number of rotatable bonds is 16. The number of nitrogens with one attached hydrogen (secondary N) is 3. The van der Waals surface area contributed by atoms with Crippen LogP contribution in [-0.2, 0) is 30.4 Å². The van der Waals surface area contributed by atoms with Crippen molar-refractivity contribution in [1.29, 1.82) is 0 Å². The molecule has 13 nitrogen and oxygen atoms in total. The Morgan fingerprint density at radius 3 is 2.03 bits per heavy atom. The number of phenols is 1. The Bertz CT molecular complexity index is 908. The number of aliphatic carboxylic acids is 2. The van der Waals surface area contributed by atoms with E-state index in [9.17, 15) is 34.2 Å². The van der Waals surface area contributed by atoms with E-state index in [4.69, 9.17) is 16.6 Å². The van der Waals surface area contributed by atoms with Crippen LogP contribution >= 0.6 is 0 Å². The van der Waals surface area contributed by atoms with E-state index in [2.05, 4.69) is 16.0 Å². The first-order valence-electron chi connectivity index (χ1n) is 11.5. The zero-order valence-electron chi connectivity index (χ0n) is 20.1. The maximum absolute atomic E-state index is 12.7. The van der Waals surface area contributed by atoms with Crippen molar-refractivity contribution < 1.29 is 39.3 Å². The highest BCUT2D eigenvalue weighted by Gasteiger charge is 2.29. The number of amides is 3. The summed E-state index contributed by atoms with van der Waals surface area (Å²) < 4.78 is 0. The summed E-state index contributed by atoms with van der Waals surface area (Å²) in [7, 11) is 0. The molecule has 0 saturated carbocycles. The molecule has 0 aliphatic heterocycles. The van der Waals surface area contributed by atoms with Crippen LogP contribution in [0.4, 0.5) is 0 Å². The van der Waals surface area contributed by atoms with Gasteiger partial charge >= 0.3 is 11.9 Å². The minimum absolute atomic E-state index is 0.0729. The highest BCUT2D eigenvalue weighted by Crippen LogP contribution is 2.11. The van der Waals surface area contributed by atoms with Crippen molar-refractivity contribution in [3.05, 3.63) is 29.8 Å². The maximum Gasteiger partial charge on any atom is 0.326 e. The molecule has 0 fully saturated rings. The minimum atomic E-state index is -1.45. The van der Waals surface area contributed by atoms with Crippen molar-refractivity contribution in [2.45, 2.75) is 69.6 Å². The van der Waals surface area contributed by atoms with Gasteiger partial charge in [0.25, 0.3) is 0 Å². The predicted octanol–water partition coefficient (Wildman–Crippen LogP) is -1.19. The molecule has 0 radical (unpaired) electrons.